The lowest BCUT2D eigenvalue weighted by Gasteiger charge is -2.40. The molecule has 1 fully saturated rings. The van der Waals surface area contributed by atoms with Crippen LogP contribution in [-0.2, 0) is 10.2 Å². The van der Waals surface area contributed by atoms with Gasteiger partial charge < -0.3 is 15.3 Å². The van der Waals surface area contributed by atoms with Crippen molar-refractivity contribution in [1.29, 1.82) is 0 Å². The highest BCUT2D eigenvalue weighted by Crippen LogP contribution is 2.53. The summed E-state index contributed by atoms with van der Waals surface area (Å²) in [6, 6.07) is 11.9. The second kappa shape index (κ2) is 6.91. The first-order valence-corrected chi connectivity index (χ1v) is 10.3. The number of benzene rings is 2. The van der Waals surface area contributed by atoms with Gasteiger partial charge in [-0.25, -0.2) is 9.18 Å². The normalized spacial score (nSPS) is 25.9. The van der Waals surface area contributed by atoms with Gasteiger partial charge in [-0.3, -0.25) is 0 Å². The molecule has 3 atom stereocenters. The van der Waals surface area contributed by atoms with E-state index in [0.29, 0.717) is 13.0 Å². The molecule has 2 N–H and O–H groups in total. The first-order valence-electron chi connectivity index (χ1n) is 9.93. The Morgan fingerprint density at radius 1 is 1.28 bits per heavy atom. The first-order chi connectivity index (χ1) is 13.6. The van der Waals surface area contributed by atoms with E-state index in [-0.39, 0.29) is 22.2 Å². The van der Waals surface area contributed by atoms with Gasteiger partial charge in [-0.2, -0.15) is 0 Å². The monoisotopic (exact) mass is 416 g/mol. The van der Waals surface area contributed by atoms with Crippen molar-refractivity contribution in [3.63, 3.8) is 0 Å². The number of para-hydroxylation sites is 1. The van der Waals surface area contributed by atoms with Gasteiger partial charge in [0.15, 0.2) is 5.82 Å². The fraction of sp³-hybridized carbons (Fsp3) is 0.435. The fourth-order valence-electron chi connectivity index (χ4n) is 5.07. The summed E-state index contributed by atoms with van der Waals surface area (Å²) < 4.78 is 15.1. The lowest BCUT2D eigenvalue weighted by molar-refractivity contribution is -0.138. The standard InChI is InChI=1S/C23H26ClFN2O2/c1-22(2,3)12-19-23(13-26-16-9-5-4-7-14(16)23)11-18(21(28)29)27(19)17-10-6-8-15(24)20(17)25/h4-10,18-19,26H,11-13H2,1-3H3,(H,28,29). The molecule has 2 aromatic carbocycles. The number of hydrogen-bond acceptors (Lipinski definition) is 3. The molecule has 4 rings (SSSR count). The van der Waals surface area contributed by atoms with Crippen LogP contribution in [0, 0.1) is 11.2 Å². The van der Waals surface area contributed by atoms with Gasteiger partial charge in [0.2, 0.25) is 0 Å². The Hall–Kier alpha value is -2.27. The van der Waals surface area contributed by atoms with Crippen molar-refractivity contribution < 1.29 is 14.3 Å². The lowest BCUT2D eigenvalue weighted by Crippen LogP contribution is -2.48. The number of aliphatic carboxylic acids is 1. The van der Waals surface area contributed by atoms with Crippen molar-refractivity contribution in [3.05, 3.63) is 58.9 Å². The predicted octanol–water partition coefficient (Wildman–Crippen LogP) is 5.31. The van der Waals surface area contributed by atoms with Crippen molar-refractivity contribution in [1.82, 2.24) is 0 Å². The third-order valence-electron chi connectivity index (χ3n) is 6.22. The largest absolute Gasteiger partial charge is 0.480 e. The van der Waals surface area contributed by atoms with Gasteiger partial charge in [-0.1, -0.05) is 56.6 Å². The molecule has 1 saturated heterocycles. The summed E-state index contributed by atoms with van der Waals surface area (Å²) in [5.41, 5.74) is 1.92. The third-order valence-corrected chi connectivity index (χ3v) is 6.52. The van der Waals surface area contributed by atoms with E-state index in [1.807, 2.05) is 18.2 Å². The number of nitrogens with one attached hydrogen (secondary N) is 1. The maximum absolute atomic E-state index is 15.1. The van der Waals surface area contributed by atoms with E-state index in [4.69, 9.17) is 11.6 Å². The van der Waals surface area contributed by atoms with E-state index >= 15 is 4.39 Å². The van der Waals surface area contributed by atoms with Crippen LogP contribution in [-0.4, -0.2) is 29.7 Å². The molecule has 0 aliphatic carbocycles. The molecule has 154 valence electrons. The van der Waals surface area contributed by atoms with E-state index in [2.05, 4.69) is 32.2 Å². The van der Waals surface area contributed by atoms with Crippen molar-refractivity contribution in [2.75, 3.05) is 16.8 Å². The number of anilines is 2. The van der Waals surface area contributed by atoms with Gasteiger partial charge in [0.05, 0.1) is 10.7 Å². The van der Waals surface area contributed by atoms with Gasteiger partial charge in [0.25, 0.3) is 0 Å². The minimum atomic E-state index is -0.940. The molecule has 2 aliphatic rings. The van der Waals surface area contributed by atoms with Crippen LogP contribution in [0.2, 0.25) is 5.02 Å². The van der Waals surface area contributed by atoms with Crippen molar-refractivity contribution >= 4 is 28.9 Å². The molecular formula is C23H26ClFN2O2. The van der Waals surface area contributed by atoms with Crippen LogP contribution < -0.4 is 10.2 Å². The van der Waals surface area contributed by atoms with Crippen LogP contribution in [0.3, 0.4) is 0 Å². The van der Waals surface area contributed by atoms with E-state index in [9.17, 15) is 9.90 Å². The molecule has 2 aliphatic heterocycles. The summed E-state index contributed by atoms with van der Waals surface area (Å²) >= 11 is 6.07. The Balaban J connectivity index is 1.93. The number of rotatable bonds is 3. The molecule has 3 unspecified atom stereocenters. The number of halogens is 2. The van der Waals surface area contributed by atoms with Crippen LogP contribution in [0.5, 0.6) is 0 Å². The zero-order valence-corrected chi connectivity index (χ0v) is 17.6. The third kappa shape index (κ3) is 3.25. The van der Waals surface area contributed by atoms with Crippen LogP contribution in [0.25, 0.3) is 0 Å². The van der Waals surface area contributed by atoms with Gasteiger partial charge in [0, 0.05) is 23.7 Å². The van der Waals surface area contributed by atoms with Crippen LogP contribution in [0.15, 0.2) is 42.5 Å². The molecule has 0 saturated carbocycles. The Bertz CT molecular complexity index is 958. The minimum absolute atomic E-state index is 0.00652. The second-order valence-electron chi connectivity index (χ2n) is 9.37. The number of carbonyl (C=O) groups is 1. The van der Waals surface area contributed by atoms with E-state index in [1.54, 1.807) is 17.0 Å². The maximum Gasteiger partial charge on any atom is 0.326 e. The second-order valence-corrected chi connectivity index (χ2v) is 9.78. The zero-order chi connectivity index (χ0) is 21.0. The predicted molar refractivity (Wildman–Crippen MR) is 114 cm³/mol. The molecular weight excluding hydrogens is 391 g/mol. The number of nitrogens with zero attached hydrogens (tertiary/aromatic N) is 1. The van der Waals surface area contributed by atoms with Crippen LogP contribution in [0.1, 0.15) is 39.2 Å². The summed E-state index contributed by atoms with van der Waals surface area (Å²) in [7, 11) is 0. The van der Waals surface area contributed by atoms with E-state index in [0.717, 1.165) is 17.7 Å². The average molecular weight is 417 g/mol. The lowest BCUT2D eigenvalue weighted by atomic mass is 9.70. The molecule has 6 heteroatoms. The van der Waals surface area contributed by atoms with Crippen molar-refractivity contribution in [2.24, 2.45) is 5.41 Å². The van der Waals surface area contributed by atoms with Crippen molar-refractivity contribution in [3.8, 4) is 0 Å². The Morgan fingerprint density at radius 2 is 2.00 bits per heavy atom. The Kier molecular flexibility index (Phi) is 4.77. The molecule has 0 bridgehead atoms. The highest BCUT2D eigenvalue weighted by molar-refractivity contribution is 6.31. The molecule has 2 aromatic rings. The van der Waals surface area contributed by atoms with Crippen molar-refractivity contribution in [2.45, 2.75) is 51.1 Å². The number of hydrogen-bond donors (Lipinski definition) is 2. The summed E-state index contributed by atoms with van der Waals surface area (Å²) in [5.74, 6) is -1.50. The minimum Gasteiger partial charge on any atom is -0.480 e. The van der Waals surface area contributed by atoms with Crippen LogP contribution in [0.4, 0.5) is 15.8 Å². The highest BCUT2D eigenvalue weighted by atomic mass is 35.5. The fourth-order valence-corrected chi connectivity index (χ4v) is 5.24. The smallest absolute Gasteiger partial charge is 0.326 e. The Labute approximate surface area is 175 Å². The number of carboxylic acid groups (broad SMARTS) is 1. The number of carboxylic acids is 1. The zero-order valence-electron chi connectivity index (χ0n) is 16.9. The molecule has 1 spiro atoms. The summed E-state index contributed by atoms with van der Waals surface area (Å²) in [6.07, 6.45) is 1.14. The molecule has 4 nitrogen and oxygen atoms in total. The Morgan fingerprint density at radius 3 is 2.69 bits per heavy atom. The SMILES string of the molecule is CC(C)(C)CC1N(c2cccc(Cl)c2F)C(C(=O)O)CC12CNc1ccccc12. The average Bonchev–Trinajstić information content (AvgIpc) is 3.17. The molecule has 0 aromatic heterocycles. The van der Waals surface area contributed by atoms with Gasteiger partial charge >= 0.3 is 5.97 Å². The molecule has 29 heavy (non-hydrogen) atoms. The van der Waals surface area contributed by atoms with Crippen LogP contribution >= 0.6 is 11.6 Å². The molecule has 0 amide bonds. The van der Waals surface area contributed by atoms with Gasteiger partial charge in [0.1, 0.15) is 6.04 Å². The maximum atomic E-state index is 15.1. The van der Waals surface area contributed by atoms with Gasteiger partial charge in [-0.05, 0) is 42.0 Å². The first kappa shape index (κ1) is 20.0. The van der Waals surface area contributed by atoms with E-state index in [1.165, 1.54) is 6.07 Å². The summed E-state index contributed by atoms with van der Waals surface area (Å²) in [6.45, 7) is 7.04. The van der Waals surface area contributed by atoms with E-state index < -0.39 is 23.2 Å². The highest BCUT2D eigenvalue weighted by Gasteiger charge is 2.58. The number of fused-ring (bicyclic) bond motifs is 2. The quantitative estimate of drug-likeness (QED) is 0.711. The molecule has 0 radical (unpaired) electrons. The van der Waals surface area contributed by atoms with Gasteiger partial charge in [-0.15, -0.1) is 0 Å². The molecule has 2 heterocycles. The summed E-state index contributed by atoms with van der Waals surface area (Å²) in [5, 5.41) is 13.6. The topological polar surface area (TPSA) is 52.6 Å². The summed E-state index contributed by atoms with van der Waals surface area (Å²) in [4.78, 5) is 14.1.